The highest BCUT2D eigenvalue weighted by molar-refractivity contribution is 5.92. The molecule has 1 amide bonds. The van der Waals surface area contributed by atoms with Crippen LogP contribution in [0.2, 0.25) is 0 Å². The topological polar surface area (TPSA) is 82.5 Å². The highest BCUT2D eigenvalue weighted by atomic mass is 19.1. The second kappa shape index (κ2) is 7.10. The Kier molecular flexibility index (Phi) is 4.89. The smallest absolute Gasteiger partial charge is 0.272 e. The second-order valence-electron chi connectivity index (χ2n) is 6.34. The fourth-order valence-corrected chi connectivity index (χ4v) is 3.12. The predicted octanol–water partition coefficient (Wildman–Crippen LogP) is 1.11. The summed E-state index contributed by atoms with van der Waals surface area (Å²) in [4.78, 5) is 27.6. The van der Waals surface area contributed by atoms with E-state index in [1.54, 1.807) is 19.2 Å². The number of aliphatic hydroxyl groups is 1. The molecular formula is C17H20FN5O2. The van der Waals surface area contributed by atoms with Gasteiger partial charge in [-0.25, -0.2) is 19.3 Å². The van der Waals surface area contributed by atoms with Crippen LogP contribution >= 0.6 is 0 Å². The van der Waals surface area contributed by atoms with Crippen LogP contribution in [0.4, 0.5) is 10.2 Å². The van der Waals surface area contributed by atoms with Crippen molar-refractivity contribution in [3.05, 3.63) is 48.4 Å². The first-order valence-electron chi connectivity index (χ1n) is 8.07. The lowest BCUT2D eigenvalue weighted by Gasteiger charge is -2.41. The Morgan fingerprint density at radius 3 is 2.92 bits per heavy atom. The van der Waals surface area contributed by atoms with Crippen molar-refractivity contribution >= 4 is 11.7 Å². The number of likely N-dealkylation sites (N-methyl/N-ethyl adjacent to an activating group) is 1. The minimum atomic E-state index is -1.06. The van der Waals surface area contributed by atoms with Gasteiger partial charge in [0.25, 0.3) is 5.91 Å². The van der Waals surface area contributed by atoms with Gasteiger partial charge in [-0.3, -0.25) is 4.79 Å². The molecule has 1 aliphatic rings. The molecular weight excluding hydrogens is 325 g/mol. The maximum Gasteiger partial charge on any atom is 0.272 e. The zero-order valence-electron chi connectivity index (χ0n) is 14.0. The van der Waals surface area contributed by atoms with Gasteiger partial charge < -0.3 is 14.9 Å². The Bertz CT molecular complexity index is 728. The number of pyridine rings is 1. The van der Waals surface area contributed by atoms with Gasteiger partial charge in [0.15, 0.2) is 0 Å². The largest absolute Gasteiger partial charge is 0.386 e. The number of carbonyl (C=O) groups is 1. The first kappa shape index (κ1) is 17.2. The molecule has 3 heterocycles. The summed E-state index contributed by atoms with van der Waals surface area (Å²) in [5.74, 6) is -0.0524. The van der Waals surface area contributed by atoms with Crippen molar-refractivity contribution in [1.82, 2.24) is 19.9 Å². The summed E-state index contributed by atoms with van der Waals surface area (Å²) >= 11 is 0. The normalized spacial score (nSPS) is 20.4. The van der Waals surface area contributed by atoms with Crippen LogP contribution in [0.25, 0.3) is 0 Å². The summed E-state index contributed by atoms with van der Waals surface area (Å²) in [5.41, 5.74) is -0.778. The molecule has 132 valence electrons. The third-order valence-electron chi connectivity index (χ3n) is 4.27. The molecule has 0 spiro atoms. The summed E-state index contributed by atoms with van der Waals surface area (Å²) < 4.78 is 13.0. The Labute approximate surface area is 145 Å². The van der Waals surface area contributed by atoms with Gasteiger partial charge in [-0.05, 0) is 31.0 Å². The minimum absolute atomic E-state index is 0.174. The van der Waals surface area contributed by atoms with Gasteiger partial charge in [-0.15, -0.1) is 0 Å². The predicted molar refractivity (Wildman–Crippen MR) is 89.6 cm³/mol. The number of anilines is 1. The maximum atomic E-state index is 13.0. The van der Waals surface area contributed by atoms with E-state index >= 15 is 0 Å². The zero-order valence-corrected chi connectivity index (χ0v) is 14.0. The van der Waals surface area contributed by atoms with Crippen molar-refractivity contribution in [2.24, 2.45) is 0 Å². The summed E-state index contributed by atoms with van der Waals surface area (Å²) in [6, 6.07) is 4.48. The van der Waals surface area contributed by atoms with Crippen LogP contribution in [0.3, 0.4) is 0 Å². The van der Waals surface area contributed by atoms with Gasteiger partial charge in [0.05, 0.1) is 18.3 Å². The van der Waals surface area contributed by atoms with Crippen LogP contribution in [0.1, 0.15) is 23.3 Å². The van der Waals surface area contributed by atoms with Crippen molar-refractivity contribution in [3.63, 3.8) is 0 Å². The Morgan fingerprint density at radius 2 is 2.24 bits per heavy atom. The Morgan fingerprint density at radius 1 is 1.40 bits per heavy atom. The van der Waals surface area contributed by atoms with Gasteiger partial charge in [-0.2, -0.15) is 0 Å². The second-order valence-corrected chi connectivity index (χ2v) is 6.34. The fourth-order valence-electron chi connectivity index (χ4n) is 3.12. The number of halogens is 1. The number of nitrogens with zero attached hydrogens (tertiary/aromatic N) is 5. The zero-order chi connectivity index (χ0) is 17.9. The van der Waals surface area contributed by atoms with E-state index in [2.05, 4.69) is 15.0 Å². The van der Waals surface area contributed by atoms with E-state index in [4.69, 9.17) is 0 Å². The van der Waals surface area contributed by atoms with Crippen LogP contribution in [0, 0.1) is 5.82 Å². The van der Waals surface area contributed by atoms with E-state index in [1.807, 2.05) is 4.90 Å². The molecule has 1 atom stereocenters. The van der Waals surface area contributed by atoms with E-state index in [1.165, 1.54) is 23.5 Å². The summed E-state index contributed by atoms with van der Waals surface area (Å²) in [6.07, 6.45) is 5.31. The van der Waals surface area contributed by atoms with E-state index in [9.17, 15) is 14.3 Å². The number of amides is 1. The molecule has 1 saturated heterocycles. The number of hydrogen-bond acceptors (Lipinski definition) is 6. The molecule has 0 radical (unpaired) electrons. The molecule has 0 bridgehead atoms. The quantitative estimate of drug-likeness (QED) is 0.894. The highest BCUT2D eigenvalue weighted by Gasteiger charge is 2.36. The molecule has 0 unspecified atom stereocenters. The average molecular weight is 345 g/mol. The first-order valence-corrected chi connectivity index (χ1v) is 8.07. The maximum absolute atomic E-state index is 13.0. The molecule has 1 aliphatic heterocycles. The van der Waals surface area contributed by atoms with Gasteiger partial charge >= 0.3 is 0 Å². The van der Waals surface area contributed by atoms with Crippen LogP contribution in [0.5, 0.6) is 0 Å². The lowest BCUT2D eigenvalue weighted by Crippen LogP contribution is -2.55. The number of rotatable bonds is 4. The van der Waals surface area contributed by atoms with Crippen molar-refractivity contribution in [2.75, 3.05) is 31.6 Å². The summed E-state index contributed by atoms with van der Waals surface area (Å²) in [5, 5.41) is 11.0. The molecule has 8 heteroatoms. The molecule has 2 aromatic rings. The lowest BCUT2D eigenvalue weighted by atomic mass is 9.92. The van der Waals surface area contributed by atoms with Gasteiger partial charge in [-0.1, -0.05) is 0 Å². The molecule has 25 heavy (non-hydrogen) atoms. The standard InChI is InChI=1S/C17H20FN5O2/c1-22(16(24)14-5-7-19-12-21-14)10-17(25)6-2-8-23(11-17)15-4-3-13(18)9-20-15/h3-5,7,9,12,25H,2,6,8,10-11H2,1H3/t17-/m0/s1. The first-order chi connectivity index (χ1) is 12.0. The van der Waals surface area contributed by atoms with E-state index < -0.39 is 11.4 Å². The van der Waals surface area contributed by atoms with Gasteiger partial charge in [0.2, 0.25) is 0 Å². The lowest BCUT2D eigenvalue weighted by molar-refractivity contribution is -0.000283. The molecule has 0 saturated carbocycles. The molecule has 0 aromatic carbocycles. The third-order valence-corrected chi connectivity index (χ3v) is 4.27. The van der Waals surface area contributed by atoms with Crippen LogP contribution < -0.4 is 4.90 Å². The minimum Gasteiger partial charge on any atom is -0.386 e. The number of hydrogen-bond donors (Lipinski definition) is 1. The van der Waals surface area contributed by atoms with E-state index in [0.29, 0.717) is 18.8 Å². The molecule has 7 nitrogen and oxygen atoms in total. The van der Waals surface area contributed by atoms with Crippen LogP contribution in [0.15, 0.2) is 36.9 Å². The highest BCUT2D eigenvalue weighted by Crippen LogP contribution is 2.26. The van der Waals surface area contributed by atoms with Crippen molar-refractivity contribution in [2.45, 2.75) is 18.4 Å². The average Bonchev–Trinajstić information content (AvgIpc) is 2.62. The van der Waals surface area contributed by atoms with Crippen LogP contribution in [-0.4, -0.2) is 63.1 Å². The van der Waals surface area contributed by atoms with E-state index in [0.717, 1.165) is 19.2 Å². The van der Waals surface area contributed by atoms with Gasteiger partial charge in [0, 0.05) is 26.3 Å². The van der Waals surface area contributed by atoms with Crippen LogP contribution in [-0.2, 0) is 0 Å². The number of carbonyl (C=O) groups excluding carboxylic acids is 1. The van der Waals surface area contributed by atoms with E-state index in [-0.39, 0.29) is 18.1 Å². The van der Waals surface area contributed by atoms with Crippen molar-refractivity contribution < 1.29 is 14.3 Å². The third kappa shape index (κ3) is 4.08. The Balaban J connectivity index is 1.68. The fraction of sp³-hybridized carbons (Fsp3) is 0.412. The SMILES string of the molecule is CN(C[C@@]1(O)CCCN(c2ccc(F)cn2)C1)C(=O)c1ccncn1. The molecule has 3 rings (SSSR count). The Hall–Kier alpha value is -2.61. The van der Waals surface area contributed by atoms with Gasteiger partial charge in [0.1, 0.15) is 23.7 Å². The number of β-amino-alcohol motifs (C(OH)–C–C–N with tert-alkyl or cyclic N) is 1. The molecule has 0 aliphatic carbocycles. The number of piperidine rings is 1. The molecule has 1 fully saturated rings. The summed E-state index contributed by atoms with van der Waals surface area (Å²) in [6.45, 7) is 1.23. The van der Waals surface area contributed by atoms with Crippen molar-refractivity contribution in [1.29, 1.82) is 0 Å². The number of aromatic nitrogens is 3. The van der Waals surface area contributed by atoms with Crippen molar-refractivity contribution in [3.8, 4) is 0 Å². The molecule has 1 N–H and O–H groups in total. The summed E-state index contributed by atoms with van der Waals surface area (Å²) in [7, 11) is 1.64. The molecule has 2 aromatic heterocycles. The monoisotopic (exact) mass is 345 g/mol.